The molecule has 0 aliphatic carbocycles. The number of nitrogens with zero attached hydrogens (tertiary/aromatic N) is 4. The van der Waals surface area contributed by atoms with Gasteiger partial charge in [0.2, 0.25) is 0 Å². The third-order valence-electron chi connectivity index (χ3n) is 2.02. The van der Waals surface area contributed by atoms with Gasteiger partial charge in [-0.2, -0.15) is 0 Å². The normalized spacial score (nSPS) is 11.5. The SMILES string of the molecule is CCOC(=NC(C)C)[N-]C(C)C.CCOC(=NC(C)C)[N-]C(C)C.[Cu+].[Cu+]. The zero-order valence-electron chi connectivity index (χ0n) is 17.9. The van der Waals surface area contributed by atoms with Crippen molar-refractivity contribution in [3.8, 4) is 0 Å². The second-order valence-corrected chi connectivity index (χ2v) is 6.32. The van der Waals surface area contributed by atoms with Crippen molar-refractivity contribution in [2.45, 2.75) is 93.4 Å². The molecule has 26 heavy (non-hydrogen) atoms. The molecule has 0 heterocycles. The molecule has 0 fully saturated rings. The summed E-state index contributed by atoms with van der Waals surface area (Å²) in [4.78, 5) is 8.47. The molecule has 0 radical (unpaired) electrons. The van der Waals surface area contributed by atoms with Crippen molar-refractivity contribution in [1.82, 2.24) is 0 Å². The summed E-state index contributed by atoms with van der Waals surface area (Å²) < 4.78 is 10.5. The van der Waals surface area contributed by atoms with Crippen LogP contribution in [0.2, 0.25) is 0 Å². The van der Waals surface area contributed by atoms with Crippen molar-refractivity contribution >= 4 is 12.0 Å². The Morgan fingerprint density at radius 3 is 1.08 bits per heavy atom. The Morgan fingerprint density at radius 1 is 0.654 bits per heavy atom. The van der Waals surface area contributed by atoms with E-state index in [0.29, 0.717) is 25.3 Å². The van der Waals surface area contributed by atoms with Crippen LogP contribution in [0.15, 0.2) is 9.98 Å². The first-order valence-corrected chi connectivity index (χ1v) is 8.95. The summed E-state index contributed by atoms with van der Waals surface area (Å²) >= 11 is 0. The molecule has 0 bridgehead atoms. The predicted molar refractivity (Wildman–Crippen MR) is 105 cm³/mol. The average molecular weight is 470 g/mol. The molecule has 0 amide bonds. The average Bonchev–Trinajstić information content (AvgIpc) is 2.36. The molecule has 0 spiro atoms. The minimum atomic E-state index is 0. The van der Waals surface area contributed by atoms with Crippen LogP contribution in [0.25, 0.3) is 10.6 Å². The van der Waals surface area contributed by atoms with E-state index in [2.05, 4.69) is 20.6 Å². The van der Waals surface area contributed by atoms with E-state index in [-0.39, 0.29) is 58.3 Å². The molecule has 0 aromatic heterocycles. The Kier molecular flexibility index (Phi) is 26.7. The molecule has 0 aromatic carbocycles. The van der Waals surface area contributed by atoms with E-state index in [4.69, 9.17) is 9.47 Å². The summed E-state index contributed by atoms with van der Waals surface area (Å²) in [5.41, 5.74) is 0. The second-order valence-electron chi connectivity index (χ2n) is 6.32. The maximum Gasteiger partial charge on any atom is 1.00 e. The molecule has 0 N–H and O–H groups in total. The van der Waals surface area contributed by atoms with Gasteiger partial charge in [-0.25, -0.2) is 0 Å². The first-order chi connectivity index (χ1) is 11.1. The molecule has 6 nitrogen and oxygen atoms in total. The van der Waals surface area contributed by atoms with Crippen LogP contribution in [-0.2, 0) is 43.6 Å². The maximum absolute atomic E-state index is 5.25. The first-order valence-electron chi connectivity index (χ1n) is 8.95. The molecule has 0 aliphatic rings. The Labute approximate surface area is 182 Å². The third kappa shape index (κ3) is 25.8. The molecule has 0 atom stereocenters. The number of amidine groups is 2. The minimum Gasteiger partial charge on any atom is -0.502 e. The fraction of sp³-hybridized carbons (Fsp3) is 0.889. The van der Waals surface area contributed by atoms with Gasteiger partial charge in [0.25, 0.3) is 0 Å². The van der Waals surface area contributed by atoms with E-state index >= 15 is 0 Å². The fourth-order valence-corrected chi connectivity index (χ4v) is 1.36. The topological polar surface area (TPSA) is 71.4 Å². The summed E-state index contributed by atoms with van der Waals surface area (Å²) in [5.74, 6) is 0. The van der Waals surface area contributed by atoms with Gasteiger partial charge in [-0.05, 0) is 38.0 Å². The van der Waals surface area contributed by atoms with Gasteiger partial charge in [0.15, 0.2) is 0 Å². The minimum absolute atomic E-state index is 0. The number of hydrogen-bond donors (Lipinski definition) is 0. The summed E-state index contributed by atoms with van der Waals surface area (Å²) in [6.07, 6.45) is 0. The molecule has 0 aromatic rings. The van der Waals surface area contributed by atoms with Crippen LogP contribution in [0.5, 0.6) is 0 Å². The molecule has 0 saturated carbocycles. The Morgan fingerprint density at radius 2 is 0.923 bits per heavy atom. The van der Waals surface area contributed by atoms with Gasteiger partial charge in [0.05, 0.1) is 25.3 Å². The Balaban J connectivity index is -0.000000173. The summed E-state index contributed by atoms with van der Waals surface area (Å²) in [6, 6.07) is 2.04. The van der Waals surface area contributed by atoms with Crippen molar-refractivity contribution in [2.24, 2.45) is 9.98 Å². The molecule has 0 aliphatic heterocycles. The quantitative estimate of drug-likeness (QED) is 0.307. The van der Waals surface area contributed by atoms with Gasteiger partial charge in [-0.1, -0.05) is 55.4 Å². The van der Waals surface area contributed by atoms with Crippen molar-refractivity contribution in [3.05, 3.63) is 10.6 Å². The molecular formula is C18H38Cu2N4O2. The fourth-order valence-electron chi connectivity index (χ4n) is 1.36. The molecular weight excluding hydrogens is 431 g/mol. The Bertz CT molecular complexity index is 327. The molecule has 164 valence electrons. The third-order valence-corrected chi connectivity index (χ3v) is 2.02. The van der Waals surface area contributed by atoms with Gasteiger partial charge >= 0.3 is 34.1 Å². The summed E-state index contributed by atoms with van der Waals surface area (Å²) in [7, 11) is 0. The number of ether oxygens (including phenoxy) is 2. The second kappa shape index (κ2) is 20.9. The summed E-state index contributed by atoms with van der Waals surface area (Å²) in [6.45, 7) is 21.2. The van der Waals surface area contributed by atoms with Crippen molar-refractivity contribution in [2.75, 3.05) is 13.2 Å². The summed E-state index contributed by atoms with van der Waals surface area (Å²) in [5, 5.41) is 8.47. The van der Waals surface area contributed by atoms with E-state index in [0.717, 1.165) is 0 Å². The van der Waals surface area contributed by atoms with E-state index in [9.17, 15) is 0 Å². The van der Waals surface area contributed by atoms with Crippen LogP contribution in [0.4, 0.5) is 0 Å². The standard InChI is InChI=1S/2C9H19N2O.2Cu/c2*1-6-12-9(10-7(2)3)11-8(4)5;;/h2*7-8H,6H2,1-5H3;;/q2*-1;2*+1. The number of rotatable bonds is 6. The van der Waals surface area contributed by atoms with E-state index in [1.54, 1.807) is 0 Å². The van der Waals surface area contributed by atoms with Crippen LogP contribution in [0.3, 0.4) is 0 Å². The largest absolute Gasteiger partial charge is 1.00 e. The zero-order valence-corrected chi connectivity index (χ0v) is 19.8. The molecule has 0 unspecified atom stereocenters. The molecule has 0 saturated heterocycles. The first kappa shape index (κ1) is 33.2. The van der Waals surface area contributed by atoms with Gasteiger partial charge in [0.1, 0.15) is 0 Å². The molecule has 0 rings (SSSR count). The van der Waals surface area contributed by atoms with Crippen LogP contribution < -0.4 is 0 Å². The van der Waals surface area contributed by atoms with Crippen molar-refractivity contribution in [1.29, 1.82) is 0 Å². The van der Waals surface area contributed by atoms with Gasteiger partial charge in [0, 0.05) is 0 Å². The Hall–Kier alpha value is -0.421. The molecule has 8 heteroatoms. The van der Waals surface area contributed by atoms with E-state index in [1.165, 1.54) is 0 Å². The van der Waals surface area contributed by atoms with Crippen LogP contribution >= 0.6 is 0 Å². The smallest absolute Gasteiger partial charge is 0.502 e. The van der Waals surface area contributed by atoms with Crippen molar-refractivity contribution in [3.63, 3.8) is 0 Å². The van der Waals surface area contributed by atoms with Crippen LogP contribution in [-0.4, -0.2) is 49.4 Å². The van der Waals surface area contributed by atoms with Crippen LogP contribution in [0.1, 0.15) is 69.2 Å². The number of aliphatic imine (C=N–C) groups is 2. The maximum atomic E-state index is 5.25. The van der Waals surface area contributed by atoms with E-state index in [1.807, 2.05) is 69.2 Å². The number of hydrogen-bond acceptors (Lipinski definition) is 4. The van der Waals surface area contributed by atoms with Crippen molar-refractivity contribution < 1.29 is 43.6 Å². The van der Waals surface area contributed by atoms with Gasteiger partial charge in [-0.15, -0.1) is 0 Å². The van der Waals surface area contributed by atoms with Gasteiger partial charge in [-0.3, -0.25) is 0 Å². The van der Waals surface area contributed by atoms with Crippen LogP contribution in [0, 0.1) is 0 Å². The zero-order chi connectivity index (χ0) is 19.1. The monoisotopic (exact) mass is 468 g/mol. The van der Waals surface area contributed by atoms with Gasteiger partial charge < -0.3 is 30.1 Å². The van der Waals surface area contributed by atoms with E-state index < -0.39 is 0 Å². The predicted octanol–water partition coefficient (Wildman–Crippen LogP) is 5.13.